The van der Waals surface area contributed by atoms with Gasteiger partial charge < -0.3 is 9.72 Å². The van der Waals surface area contributed by atoms with E-state index in [9.17, 15) is 21.6 Å². The van der Waals surface area contributed by atoms with Crippen molar-refractivity contribution in [2.24, 2.45) is 0 Å². The minimum atomic E-state index is -4.81. The van der Waals surface area contributed by atoms with Crippen LogP contribution in [0, 0.1) is 0 Å². The van der Waals surface area contributed by atoms with Gasteiger partial charge in [-0.3, -0.25) is 4.98 Å². The van der Waals surface area contributed by atoms with Gasteiger partial charge in [-0.25, -0.2) is 13.4 Å². The molecule has 0 amide bonds. The molecule has 1 aromatic carbocycles. The molecule has 0 aliphatic heterocycles. The molecule has 1 N–H and O–H groups in total. The molecule has 1 fully saturated rings. The number of nitrogens with one attached hydrogen (secondary N) is 1. The smallest absolute Gasteiger partial charge is 0.406 e. The van der Waals surface area contributed by atoms with Crippen LogP contribution in [0.15, 0.2) is 35.4 Å². The number of fused-ring (bicyclic) bond motifs is 1. The third kappa shape index (κ3) is 3.68. The van der Waals surface area contributed by atoms with Crippen molar-refractivity contribution >= 4 is 20.9 Å². The van der Waals surface area contributed by atoms with E-state index >= 15 is 0 Å². The van der Waals surface area contributed by atoms with E-state index in [0.29, 0.717) is 11.4 Å². The molecule has 0 saturated heterocycles. The quantitative estimate of drug-likeness (QED) is 0.680. The molecule has 6 nitrogen and oxygen atoms in total. The number of sulfone groups is 1. The number of hydrogen-bond acceptors (Lipinski definition) is 5. The standard InChI is InChI=1S/C18H16F3N3O3S/c1-2-28(25,26)15-7-11(10-3-4-10)9-22-16(15)17-23-13-6-5-12(8-14(13)24-17)27-18(19,20)21/h5-10H,2-4H2,1H3,(H,23,24). The highest BCUT2D eigenvalue weighted by Crippen LogP contribution is 2.41. The zero-order valence-corrected chi connectivity index (χ0v) is 15.6. The second kappa shape index (κ2) is 6.47. The van der Waals surface area contributed by atoms with E-state index in [2.05, 4.69) is 19.7 Å². The van der Waals surface area contributed by atoms with E-state index in [0.717, 1.165) is 30.5 Å². The fourth-order valence-electron chi connectivity index (χ4n) is 2.97. The van der Waals surface area contributed by atoms with Crippen LogP contribution in [0.5, 0.6) is 5.75 Å². The molecule has 2 aromatic heterocycles. The normalized spacial score (nSPS) is 15.1. The second-order valence-electron chi connectivity index (χ2n) is 6.61. The Morgan fingerprint density at radius 2 is 2.00 bits per heavy atom. The van der Waals surface area contributed by atoms with E-state index in [1.54, 1.807) is 19.2 Å². The lowest BCUT2D eigenvalue weighted by Crippen LogP contribution is -2.16. The van der Waals surface area contributed by atoms with Crippen molar-refractivity contribution in [2.75, 3.05) is 5.75 Å². The molecule has 0 spiro atoms. The molecule has 148 valence electrons. The molecule has 0 radical (unpaired) electrons. The number of H-pyrrole nitrogens is 1. The van der Waals surface area contributed by atoms with Crippen LogP contribution in [0.25, 0.3) is 22.6 Å². The summed E-state index contributed by atoms with van der Waals surface area (Å²) in [5, 5.41) is 0. The Hall–Kier alpha value is -2.62. The summed E-state index contributed by atoms with van der Waals surface area (Å²) in [6.07, 6.45) is -1.18. The van der Waals surface area contributed by atoms with Crippen LogP contribution in [0.1, 0.15) is 31.2 Å². The van der Waals surface area contributed by atoms with Gasteiger partial charge in [0.2, 0.25) is 0 Å². The summed E-state index contributed by atoms with van der Waals surface area (Å²) in [6.45, 7) is 1.54. The number of hydrogen-bond donors (Lipinski definition) is 1. The van der Waals surface area contributed by atoms with Gasteiger partial charge in [0.1, 0.15) is 11.4 Å². The summed E-state index contributed by atoms with van der Waals surface area (Å²) >= 11 is 0. The maximum absolute atomic E-state index is 12.6. The van der Waals surface area contributed by atoms with E-state index in [-0.39, 0.29) is 27.7 Å². The molecule has 3 aromatic rings. The third-order valence-electron chi connectivity index (χ3n) is 4.55. The number of benzene rings is 1. The van der Waals surface area contributed by atoms with Gasteiger partial charge in [-0.15, -0.1) is 13.2 Å². The second-order valence-corrected chi connectivity index (χ2v) is 8.85. The molecule has 4 rings (SSSR count). The highest BCUT2D eigenvalue weighted by atomic mass is 32.2. The molecule has 0 atom stereocenters. The van der Waals surface area contributed by atoms with Gasteiger partial charge in [0, 0.05) is 12.3 Å². The largest absolute Gasteiger partial charge is 0.573 e. The SMILES string of the molecule is CCS(=O)(=O)c1cc(C2CC2)cnc1-c1nc2ccc(OC(F)(F)F)cc2[nH]1. The molecular formula is C18H16F3N3O3S. The van der Waals surface area contributed by atoms with Crippen molar-refractivity contribution in [3.63, 3.8) is 0 Å². The number of rotatable bonds is 5. The van der Waals surface area contributed by atoms with Gasteiger partial charge in [0.15, 0.2) is 15.7 Å². The topological polar surface area (TPSA) is 84.9 Å². The number of aromatic amines is 1. The van der Waals surface area contributed by atoms with Gasteiger partial charge in [-0.05, 0) is 42.5 Å². The molecule has 1 aliphatic rings. The molecular weight excluding hydrogens is 395 g/mol. The number of ether oxygens (including phenoxy) is 1. The van der Waals surface area contributed by atoms with Crippen LogP contribution in [0.2, 0.25) is 0 Å². The van der Waals surface area contributed by atoms with Crippen molar-refractivity contribution < 1.29 is 26.3 Å². The van der Waals surface area contributed by atoms with Crippen LogP contribution < -0.4 is 4.74 Å². The monoisotopic (exact) mass is 411 g/mol. The van der Waals surface area contributed by atoms with E-state index < -0.39 is 21.9 Å². The van der Waals surface area contributed by atoms with Crippen molar-refractivity contribution in [3.8, 4) is 17.3 Å². The first-order valence-electron chi connectivity index (χ1n) is 8.65. The van der Waals surface area contributed by atoms with Crippen molar-refractivity contribution in [1.82, 2.24) is 15.0 Å². The van der Waals surface area contributed by atoms with Crippen molar-refractivity contribution in [2.45, 2.75) is 36.9 Å². The predicted molar refractivity (Wildman–Crippen MR) is 95.7 cm³/mol. The Labute approximate surface area is 158 Å². The van der Waals surface area contributed by atoms with Gasteiger partial charge in [-0.2, -0.15) is 0 Å². The molecule has 0 bridgehead atoms. The van der Waals surface area contributed by atoms with Crippen LogP contribution in [0.3, 0.4) is 0 Å². The molecule has 0 unspecified atom stereocenters. The number of imidazole rings is 1. The van der Waals surface area contributed by atoms with Crippen molar-refractivity contribution in [3.05, 3.63) is 36.0 Å². The molecule has 1 aliphatic carbocycles. The number of pyridine rings is 1. The summed E-state index contributed by atoms with van der Waals surface area (Å²) in [5.74, 6) is 0.00634. The van der Waals surface area contributed by atoms with Crippen LogP contribution in [0.4, 0.5) is 13.2 Å². The Kier molecular flexibility index (Phi) is 4.33. The number of aromatic nitrogens is 3. The van der Waals surface area contributed by atoms with Crippen LogP contribution in [-0.2, 0) is 9.84 Å². The Morgan fingerprint density at radius 1 is 1.25 bits per heavy atom. The van der Waals surface area contributed by atoms with E-state index in [1.165, 1.54) is 6.07 Å². The zero-order valence-electron chi connectivity index (χ0n) is 14.7. The minimum Gasteiger partial charge on any atom is -0.406 e. The Morgan fingerprint density at radius 3 is 2.64 bits per heavy atom. The number of alkyl halides is 3. The molecule has 10 heteroatoms. The zero-order chi connectivity index (χ0) is 20.1. The molecule has 1 saturated carbocycles. The average molecular weight is 411 g/mol. The lowest BCUT2D eigenvalue weighted by molar-refractivity contribution is -0.274. The Balaban J connectivity index is 1.81. The molecule has 28 heavy (non-hydrogen) atoms. The third-order valence-corrected chi connectivity index (χ3v) is 6.29. The lowest BCUT2D eigenvalue weighted by atomic mass is 10.2. The van der Waals surface area contributed by atoms with E-state index in [4.69, 9.17) is 0 Å². The maximum atomic E-state index is 12.6. The molecule has 2 heterocycles. The fourth-order valence-corrected chi connectivity index (χ4v) is 4.04. The summed E-state index contributed by atoms with van der Waals surface area (Å²) in [4.78, 5) is 11.5. The minimum absolute atomic E-state index is 0.0743. The van der Waals surface area contributed by atoms with Gasteiger partial charge in [0.05, 0.1) is 21.7 Å². The summed E-state index contributed by atoms with van der Waals surface area (Å²) in [5.41, 5.74) is 1.68. The first-order valence-corrected chi connectivity index (χ1v) is 10.3. The van der Waals surface area contributed by atoms with Gasteiger partial charge >= 0.3 is 6.36 Å². The van der Waals surface area contributed by atoms with Gasteiger partial charge in [0.25, 0.3) is 0 Å². The van der Waals surface area contributed by atoms with Crippen LogP contribution in [-0.4, -0.2) is 35.5 Å². The summed E-state index contributed by atoms with van der Waals surface area (Å²) in [6, 6.07) is 5.30. The first-order chi connectivity index (χ1) is 13.2. The highest BCUT2D eigenvalue weighted by Gasteiger charge is 2.31. The van der Waals surface area contributed by atoms with E-state index in [1.807, 2.05) is 0 Å². The number of halogens is 3. The number of nitrogens with zero attached hydrogens (tertiary/aromatic N) is 2. The van der Waals surface area contributed by atoms with Crippen LogP contribution >= 0.6 is 0 Å². The lowest BCUT2D eigenvalue weighted by Gasteiger charge is -2.09. The first kappa shape index (κ1) is 18.7. The summed E-state index contributed by atoms with van der Waals surface area (Å²) in [7, 11) is -3.57. The van der Waals surface area contributed by atoms with Crippen molar-refractivity contribution in [1.29, 1.82) is 0 Å². The fraction of sp³-hybridized carbons (Fsp3) is 0.333. The summed E-state index contributed by atoms with van der Waals surface area (Å²) < 4.78 is 66.3. The highest BCUT2D eigenvalue weighted by molar-refractivity contribution is 7.91. The Bertz CT molecular complexity index is 1150. The maximum Gasteiger partial charge on any atom is 0.573 e. The van der Waals surface area contributed by atoms with Gasteiger partial charge in [-0.1, -0.05) is 6.92 Å². The average Bonchev–Trinajstić information content (AvgIpc) is 3.39. The predicted octanol–water partition coefficient (Wildman–Crippen LogP) is 4.19.